The fourth-order valence-corrected chi connectivity index (χ4v) is 1.20. The zero-order chi connectivity index (χ0) is 14.9. The molecule has 0 aromatic carbocycles. The van der Waals surface area contributed by atoms with E-state index in [-0.39, 0.29) is 16.5 Å². The van der Waals surface area contributed by atoms with Crippen LogP contribution in [-0.4, -0.2) is 19.9 Å². The molecule has 2 rings (SSSR count). The largest absolute Gasteiger partial charge is 2.00 e. The Balaban J connectivity index is 0.00000220. The average molecular weight is 339 g/mol. The van der Waals surface area contributed by atoms with E-state index in [0.717, 1.165) is 0 Å². The van der Waals surface area contributed by atoms with Gasteiger partial charge < -0.3 is 20.2 Å². The average Bonchev–Trinajstić information content (AvgIpc) is 2.30. The van der Waals surface area contributed by atoms with Crippen LogP contribution in [0, 0.1) is 0 Å². The smallest absolute Gasteiger partial charge is 0.858 e. The second kappa shape index (κ2) is 6.00. The van der Waals surface area contributed by atoms with E-state index in [1.165, 1.54) is 0 Å². The van der Waals surface area contributed by atoms with Crippen molar-refractivity contribution in [3.05, 3.63) is 41.7 Å². The van der Waals surface area contributed by atoms with Crippen molar-refractivity contribution in [1.82, 2.24) is 19.9 Å². The van der Waals surface area contributed by atoms with Crippen LogP contribution in [0.15, 0.2) is 29.4 Å². The summed E-state index contributed by atoms with van der Waals surface area (Å²) in [4.78, 5) is 50.9. The van der Waals surface area contributed by atoms with Gasteiger partial charge in [-0.15, -0.1) is 10.2 Å². The maximum atomic E-state index is 11.3. The Morgan fingerprint density at radius 1 is 0.667 bits per heavy atom. The molecule has 4 N–H and O–H groups in total. The minimum absolute atomic E-state index is 0. The van der Waals surface area contributed by atoms with Gasteiger partial charge >= 0.3 is 27.9 Å². The number of nitrogens with zero attached hydrogens (tertiary/aromatic N) is 2. The molecule has 112 valence electrons. The van der Waals surface area contributed by atoms with Gasteiger partial charge in [-0.1, -0.05) is 0 Å². The van der Waals surface area contributed by atoms with Crippen LogP contribution in [0.25, 0.3) is 0 Å². The molecule has 0 saturated heterocycles. The van der Waals surface area contributed by atoms with E-state index in [2.05, 4.69) is 10.2 Å². The molecule has 0 bridgehead atoms. The second-order valence-electron chi connectivity index (χ2n) is 3.37. The summed E-state index contributed by atoms with van der Waals surface area (Å²) in [5, 5.41) is 28.8. The van der Waals surface area contributed by atoms with Gasteiger partial charge in [0.25, 0.3) is 11.1 Å². The van der Waals surface area contributed by atoms with E-state index >= 15 is 0 Å². The van der Waals surface area contributed by atoms with Gasteiger partial charge in [-0.2, -0.15) is 0 Å². The number of hydrogen-bond acceptors (Lipinski definition) is 8. The molecule has 21 heavy (non-hydrogen) atoms. The van der Waals surface area contributed by atoms with Crippen molar-refractivity contribution in [2.75, 3.05) is 0 Å². The van der Waals surface area contributed by atoms with Crippen LogP contribution in [0.5, 0.6) is 11.8 Å². The molecule has 0 amide bonds. The molecule has 0 aliphatic carbocycles. The van der Waals surface area contributed by atoms with Crippen molar-refractivity contribution < 1.29 is 26.7 Å². The van der Waals surface area contributed by atoms with Crippen molar-refractivity contribution in [2.24, 2.45) is 10.2 Å². The Hall–Kier alpha value is -2.95. The fraction of sp³-hybridized carbons (Fsp3) is 0. The zero-order valence-electron chi connectivity index (χ0n) is 9.66. The van der Waals surface area contributed by atoms with Crippen LogP contribution < -0.4 is 32.7 Å². The van der Waals surface area contributed by atoms with E-state index in [1.807, 2.05) is 0 Å². The van der Waals surface area contributed by atoms with E-state index in [9.17, 15) is 29.4 Å². The third-order valence-electron chi connectivity index (χ3n) is 2.02. The van der Waals surface area contributed by atoms with Gasteiger partial charge in [0.1, 0.15) is 0 Å². The Kier molecular flexibility index (Phi) is 4.61. The van der Waals surface area contributed by atoms with Crippen molar-refractivity contribution >= 4 is 11.4 Å². The number of aromatic amines is 4. The number of H-pyrrole nitrogens is 4. The summed E-state index contributed by atoms with van der Waals surface area (Å²) >= 11 is 0. The third-order valence-corrected chi connectivity index (χ3v) is 2.02. The van der Waals surface area contributed by atoms with Crippen LogP contribution in [0.3, 0.4) is 0 Å². The minimum Gasteiger partial charge on any atom is -0.858 e. The molecule has 0 atom stereocenters. The van der Waals surface area contributed by atoms with Gasteiger partial charge in [-0.25, -0.2) is 9.59 Å². The van der Waals surface area contributed by atoms with E-state index < -0.39 is 45.6 Å². The first-order chi connectivity index (χ1) is 9.38. The molecule has 0 saturated carbocycles. The number of aromatic nitrogens is 4. The molecule has 0 aliphatic rings. The summed E-state index contributed by atoms with van der Waals surface area (Å²) in [6.45, 7) is 0. The van der Waals surface area contributed by atoms with Gasteiger partial charge in [0.05, 0.1) is 0 Å². The summed E-state index contributed by atoms with van der Waals surface area (Å²) in [7, 11) is 0. The molecule has 2 aromatic heterocycles. The van der Waals surface area contributed by atoms with Crippen molar-refractivity contribution in [3.8, 4) is 11.8 Å². The van der Waals surface area contributed by atoms with Crippen LogP contribution in [0.2, 0.25) is 0 Å². The van der Waals surface area contributed by atoms with Gasteiger partial charge in [0.2, 0.25) is 0 Å². The van der Waals surface area contributed by atoms with E-state index in [1.54, 1.807) is 19.9 Å². The minimum atomic E-state index is -1.14. The standard InChI is InChI=1S/C8H6N6O6.Ni/c15-3-1(4(16)10-7(19)9-3)13-14-2-5(17)11-8(20)12-6(2)18;/h(H3,9,10,15,16,19)(H3,11,12,17,18,20);/q;+2/p-2. The normalized spacial score (nSPS) is 10.5. The molecule has 13 heteroatoms. The molecule has 0 aliphatic heterocycles. The Bertz CT molecular complexity index is 845. The molecular formula is C8H4N6NiO6. The summed E-state index contributed by atoms with van der Waals surface area (Å²) in [5.41, 5.74) is -6.01. The van der Waals surface area contributed by atoms with Crippen LogP contribution in [-0.2, 0) is 16.5 Å². The molecule has 0 spiro atoms. The predicted octanol–water partition coefficient (Wildman–Crippen LogP) is -3.00. The monoisotopic (exact) mass is 338 g/mol. The first kappa shape index (κ1) is 16.1. The Morgan fingerprint density at radius 2 is 1.00 bits per heavy atom. The Labute approximate surface area is 122 Å². The Morgan fingerprint density at radius 3 is 1.29 bits per heavy atom. The molecular weight excluding hydrogens is 335 g/mol. The first-order valence-corrected chi connectivity index (χ1v) is 4.87. The summed E-state index contributed by atoms with van der Waals surface area (Å²) in [6, 6.07) is 0. The summed E-state index contributed by atoms with van der Waals surface area (Å²) in [6.07, 6.45) is 0. The van der Waals surface area contributed by atoms with Gasteiger partial charge in [-0.05, 0) is 11.8 Å². The van der Waals surface area contributed by atoms with Gasteiger partial charge in [-0.3, -0.25) is 19.6 Å². The first-order valence-electron chi connectivity index (χ1n) is 4.87. The summed E-state index contributed by atoms with van der Waals surface area (Å²) in [5.74, 6) is -2.29. The number of hydrogen-bond donors (Lipinski definition) is 4. The van der Waals surface area contributed by atoms with Gasteiger partial charge in [0.15, 0.2) is 11.4 Å². The topological polar surface area (TPSA) is 202 Å². The van der Waals surface area contributed by atoms with Crippen molar-refractivity contribution in [2.45, 2.75) is 0 Å². The van der Waals surface area contributed by atoms with Crippen molar-refractivity contribution in [1.29, 1.82) is 0 Å². The second-order valence-corrected chi connectivity index (χ2v) is 3.37. The van der Waals surface area contributed by atoms with Crippen LogP contribution >= 0.6 is 0 Å². The summed E-state index contributed by atoms with van der Waals surface area (Å²) < 4.78 is 0. The van der Waals surface area contributed by atoms with Crippen molar-refractivity contribution in [3.63, 3.8) is 0 Å². The van der Waals surface area contributed by atoms with E-state index in [0.29, 0.717) is 0 Å². The molecule has 12 nitrogen and oxygen atoms in total. The maximum absolute atomic E-state index is 11.3. The third kappa shape index (κ3) is 3.33. The number of nitrogens with one attached hydrogen (secondary N) is 4. The molecule has 2 heterocycles. The van der Waals surface area contributed by atoms with Gasteiger partial charge in [0, 0.05) is 0 Å². The van der Waals surface area contributed by atoms with E-state index in [4.69, 9.17) is 0 Å². The SMILES string of the molecule is O=c1[nH]c([O-])c(N=Nc2c([O-])[nH]c(=O)[nH]c2=O)c(=O)[nH]1.[Ni+2]. The number of rotatable bonds is 2. The van der Waals surface area contributed by atoms with Crippen LogP contribution in [0.1, 0.15) is 0 Å². The fourth-order valence-electron chi connectivity index (χ4n) is 1.20. The quantitative estimate of drug-likeness (QED) is 0.331. The molecule has 0 radical (unpaired) electrons. The maximum Gasteiger partial charge on any atom is 2.00 e. The predicted molar refractivity (Wildman–Crippen MR) is 58.4 cm³/mol. The number of azo groups is 1. The van der Waals surface area contributed by atoms with Crippen LogP contribution in [0.4, 0.5) is 11.4 Å². The molecule has 0 unspecified atom stereocenters. The molecule has 2 aromatic rings. The molecule has 0 fully saturated rings. The zero-order valence-corrected chi connectivity index (χ0v) is 10.6.